The van der Waals surface area contributed by atoms with E-state index < -0.39 is 6.09 Å². The molecule has 0 saturated heterocycles. The summed E-state index contributed by atoms with van der Waals surface area (Å²) >= 11 is 0. The van der Waals surface area contributed by atoms with Crippen molar-refractivity contribution in [2.75, 3.05) is 17.7 Å². The van der Waals surface area contributed by atoms with E-state index >= 15 is 0 Å². The molecule has 0 aromatic heterocycles. The zero-order valence-electron chi connectivity index (χ0n) is 13.1. The van der Waals surface area contributed by atoms with Crippen LogP contribution in [0.3, 0.4) is 0 Å². The fourth-order valence-electron chi connectivity index (χ4n) is 2.41. The molecule has 0 saturated carbocycles. The zero-order chi connectivity index (χ0) is 16.9. The molecule has 0 fully saturated rings. The van der Waals surface area contributed by atoms with E-state index in [1.807, 2.05) is 24.3 Å². The van der Waals surface area contributed by atoms with Crippen molar-refractivity contribution in [2.45, 2.75) is 13.2 Å². The summed E-state index contributed by atoms with van der Waals surface area (Å²) in [6.45, 7) is 0.753. The van der Waals surface area contributed by atoms with Crippen molar-refractivity contribution >= 4 is 23.5 Å². The number of methoxy groups -OCH3 is 1. The van der Waals surface area contributed by atoms with Crippen LogP contribution in [-0.2, 0) is 17.9 Å². The molecule has 1 aliphatic rings. The van der Waals surface area contributed by atoms with Gasteiger partial charge in [-0.05, 0) is 24.3 Å². The fraction of sp³-hybridized carbons (Fsp3) is 0.176. The molecule has 3 rings (SSSR count). The van der Waals surface area contributed by atoms with Gasteiger partial charge in [0, 0.05) is 22.5 Å². The minimum atomic E-state index is -1.10. The number of nitrogens with one attached hydrogen (secondary N) is 2. The second-order valence-electron chi connectivity index (χ2n) is 5.15. The van der Waals surface area contributed by atoms with Gasteiger partial charge in [0.05, 0.1) is 13.7 Å². The van der Waals surface area contributed by atoms with Crippen molar-refractivity contribution < 1.29 is 19.4 Å². The van der Waals surface area contributed by atoms with Crippen LogP contribution in [0.15, 0.2) is 47.5 Å². The molecular formula is C17H17N3O4. The lowest BCUT2D eigenvalue weighted by Gasteiger charge is -2.21. The third-order valence-corrected chi connectivity index (χ3v) is 3.55. The monoisotopic (exact) mass is 327 g/mol. The summed E-state index contributed by atoms with van der Waals surface area (Å²) in [6, 6.07) is 13.3. The van der Waals surface area contributed by atoms with Gasteiger partial charge in [0.1, 0.15) is 12.4 Å². The Morgan fingerprint density at radius 1 is 1.38 bits per heavy atom. The number of para-hydroxylation sites is 1. The molecule has 0 spiro atoms. The Hall–Kier alpha value is -3.22. The molecule has 1 aliphatic heterocycles. The summed E-state index contributed by atoms with van der Waals surface area (Å²) < 4.78 is 10.9. The summed E-state index contributed by atoms with van der Waals surface area (Å²) in [6.07, 6.45) is -1.10. The standard InChI is InChI=1S/C17H17N3O4/c1-23-15-5-3-2-4-11(15)9-18-16-20-14-7-6-13(19-17(21)22)8-12(14)10-24-16/h2-8,19H,9-10H2,1H3,(H,18,20)(H,21,22). The summed E-state index contributed by atoms with van der Waals surface area (Å²) in [5, 5.41) is 14.2. The maximum absolute atomic E-state index is 10.7. The molecule has 0 aliphatic carbocycles. The molecule has 1 amide bonds. The Balaban J connectivity index is 1.71. The largest absolute Gasteiger partial charge is 0.496 e. The van der Waals surface area contributed by atoms with Gasteiger partial charge in [-0.15, -0.1) is 0 Å². The maximum atomic E-state index is 10.7. The first kappa shape index (κ1) is 15.7. The third kappa shape index (κ3) is 3.57. The lowest BCUT2D eigenvalue weighted by Crippen LogP contribution is -2.23. The van der Waals surface area contributed by atoms with Crippen molar-refractivity contribution in [1.29, 1.82) is 0 Å². The van der Waals surface area contributed by atoms with Gasteiger partial charge in [-0.2, -0.15) is 0 Å². The topological polar surface area (TPSA) is 92.2 Å². The second-order valence-corrected chi connectivity index (χ2v) is 5.15. The Labute approximate surface area is 138 Å². The minimum Gasteiger partial charge on any atom is -0.496 e. The Morgan fingerprint density at radius 3 is 3.00 bits per heavy atom. The van der Waals surface area contributed by atoms with Gasteiger partial charge in [0.2, 0.25) is 0 Å². The van der Waals surface area contributed by atoms with Crippen molar-refractivity contribution in [3.63, 3.8) is 0 Å². The van der Waals surface area contributed by atoms with E-state index in [1.165, 1.54) is 0 Å². The van der Waals surface area contributed by atoms with Crippen molar-refractivity contribution in [2.24, 2.45) is 4.99 Å². The summed E-state index contributed by atoms with van der Waals surface area (Å²) in [5.74, 6) is 0.780. The number of rotatable bonds is 4. The van der Waals surface area contributed by atoms with Gasteiger partial charge >= 0.3 is 6.09 Å². The molecule has 1 heterocycles. The number of hydrogen-bond donors (Lipinski definition) is 3. The average molecular weight is 327 g/mol. The number of amides is 1. The number of aliphatic imine (C=N–C) groups is 1. The van der Waals surface area contributed by atoms with E-state index in [4.69, 9.17) is 14.6 Å². The highest BCUT2D eigenvalue weighted by Crippen LogP contribution is 2.25. The Bertz CT molecular complexity index is 789. The Kier molecular flexibility index (Phi) is 4.51. The number of ether oxygens (including phenoxy) is 2. The zero-order valence-corrected chi connectivity index (χ0v) is 13.1. The molecule has 24 heavy (non-hydrogen) atoms. The molecule has 2 aromatic rings. The number of fused-ring (bicyclic) bond motifs is 1. The van der Waals surface area contributed by atoms with E-state index in [0.29, 0.717) is 24.9 Å². The second kappa shape index (κ2) is 6.91. The molecule has 7 nitrogen and oxygen atoms in total. The van der Waals surface area contributed by atoms with Crippen LogP contribution in [0.1, 0.15) is 11.1 Å². The number of carboxylic acid groups (broad SMARTS) is 1. The van der Waals surface area contributed by atoms with Gasteiger partial charge in [-0.3, -0.25) is 5.32 Å². The summed E-state index contributed by atoms with van der Waals surface area (Å²) in [5.41, 5.74) is 3.17. The lowest BCUT2D eigenvalue weighted by atomic mass is 10.1. The first-order valence-corrected chi connectivity index (χ1v) is 7.35. The first-order chi connectivity index (χ1) is 11.7. The molecule has 0 unspecified atom stereocenters. The maximum Gasteiger partial charge on any atom is 0.409 e. The molecule has 2 aromatic carbocycles. The van der Waals surface area contributed by atoms with Gasteiger partial charge < -0.3 is 19.9 Å². The predicted molar refractivity (Wildman–Crippen MR) is 90.6 cm³/mol. The van der Waals surface area contributed by atoms with Crippen molar-refractivity contribution in [3.05, 3.63) is 53.6 Å². The highest BCUT2D eigenvalue weighted by atomic mass is 16.5. The van der Waals surface area contributed by atoms with E-state index in [1.54, 1.807) is 25.3 Å². The van der Waals surface area contributed by atoms with Crippen LogP contribution in [0.2, 0.25) is 0 Å². The fourth-order valence-corrected chi connectivity index (χ4v) is 2.41. The molecule has 7 heteroatoms. The van der Waals surface area contributed by atoms with Crippen LogP contribution in [0, 0.1) is 0 Å². The quantitative estimate of drug-likeness (QED) is 0.801. The van der Waals surface area contributed by atoms with Gasteiger partial charge in [0.15, 0.2) is 0 Å². The van der Waals surface area contributed by atoms with Crippen LogP contribution < -0.4 is 15.4 Å². The highest BCUT2D eigenvalue weighted by molar-refractivity contribution is 5.92. The molecule has 124 valence electrons. The SMILES string of the molecule is COc1ccccc1CN=C1Nc2ccc(NC(=O)O)cc2CO1. The van der Waals surface area contributed by atoms with Crippen LogP contribution in [0.25, 0.3) is 0 Å². The van der Waals surface area contributed by atoms with E-state index in [9.17, 15) is 4.79 Å². The van der Waals surface area contributed by atoms with E-state index in [2.05, 4.69) is 15.6 Å². The molecule has 0 radical (unpaired) electrons. The number of nitrogens with zero attached hydrogens (tertiary/aromatic N) is 1. The van der Waals surface area contributed by atoms with E-state index in [-0.39, 0.29) is 0 Å². The van der Waals surface area contributed by atoms with Gasteiger partial charge in [-0.25, -0.2) is 9.79 Å². The number of benzene rings is 2. The first-order valence-electron chi connectivity index (χ1n) is 7.35. The van der Waals surface area contributed by atoms with E-state index in [0.717, 1.165) is 22.6 Å². The predicted octanol–water partition coefficient (Wildman–Crippen LogP) is 3.28. The molecule has 0 atom stereocenters. The van der Waals surface area contributed by atoms with Crippen molar-refractivity contribution in [3.8, 4) is 5.75 Å². The lowest BCUT2D eigenvalue weighted by molar-refractivity contribution is 0.209. The van der Waals surface area contributed by atoms with Gasteiger partial charge in [0.25, 0.3) is 6.02 Å². The Morgan fingerprint density at radius 2 is 2.21 bits per heavy atom. The molecular weight excluding hydrogens is 310 g/mol. The minimum absolute atomic E-state index is 0.322. The summed E-state index contributed by atoms with van der Waals surface area (Å²) in [4.78, 5) is 15.1. The molecule has 0 bridgehead atoms. The number of carbonyl (C=O) groups is 1. The smallest absolute Gasteiger partial charge is 0.409 e. The number of anilines is 2. The normalized spacial score (nSPS) is 14.3. The van der Waals surface area contributed by atoms with Crippen LogP contribution in [-0.4, -0.2) is 24.3 Å². The van der Waals surface area contributed by atoms with Crippen LogP contribution in [0.4, 0.5) is 16.2 Å². The molecule has 3 N–H and O–H groups in total. The van der Waals surface area contributed by atoms with Crippen LogP contribution in [0.5, 0.6) is 5.75 Å². The van der Waals surface area contributed by atoms with Crippen molar-refractivity contribution in [1.82, 2.24) is 0 Å². The number of hydrogen-bond acceptors (Lipinski definition) is 4. The highest BCUT2D eigenvalue weighted by Gasteiger charge is 2.15. The third-order valence-electron chi connectivity index (χ3n) is 3.55. The van der Waals surface area contributed by atoms with Gasteiger partial charge in [-0.1, -0.05) is 18.2 Å². The number of amidine groups is 1. The summed E-state index contributed by atoms with van der Waals surface area (Å²) in [7, 11) is 1.63. The van der Waals surface area contributed by atoms with Crippen LogP contribution >= 0.6 is 0 Å². The average Bonchev–Trinajstić information content (AvgIpc) is 2.59.